The van der Waals surface area contributed by atoms with Crippen molar-refractivity contribution in [1.82, 2.24) is 5.06 Å². The topological polar surface area (TPSA) is 38.8 Å². The Morgan fingerprint density at radius 2 is 1.93 bits per heavy atom. The van der Waals surface area contributed by atoms with Gasteiger partial charge in [0, 0.05) is 0 Å². The van der Waals surface area contributed by atoms with E-state index < -0.39 is 11.7 Å². The fourth-order valence-electron chi connectivity index (χ4n) is 1.22. The zero-order chi connectivity index (χ0) is 11.6. The van der Waals surface area contributed by atoms with Crippen LogP contribution in [0.1, 0.15) is 34.6 Å². The van der Waals surface area contributed by atoms with Crippen molar-refractivity contribution in [2.45, 2.75) is 52.4 Å². The average molecular weight is 213 g/mol. The summed E-state index contributed by atoms with van der Waals surface area (Å²) in [5.74, 6) is 0. The Bertz CT molecular complexity index is 267. The van der Waals surface area contributed by atoms with Crippen LogP contribution in [-0.2, 0) is 9.57 Å². The van der Waals surface area contributed by atoms with Crippen molar-refractivity contribution >= 4 is 6.09 Å². The average Bonchev–Trinajstić information content (AvgIpc) is 2.06. The zero-order valence-corrected chi connectivity index (χ0v) is 9.98. The molecule has 86 valence electrons. The van der Waals surface area contributed by atoms with E-state index in [9.17, 15) is 4.79 Å². The van der Waals surface area contributed by atoms with Crippen LogP contribution < -0.4 is 0 Å². The molecule has 0 aliphatic carbocycles. The van der Waals surface area contributed by atoms with Gasteiger partial charge >= 0.3 is 6.09 Å². The zero-order valence-electron chi connectivity index (χ0n) is 9.98. The highest BCUT2D eigenvalue weighted by Crippen LogP contribution is 2.17. The standard InChI is InChI=1S/C11H19NO3/c1-8-6-7-9(2)15-12(8)10(13)14-11(3,4)5/h6-9H,1-5H3/t8-,9+/m1/s1. The molecule has 0 fully saturated rings. The van der Waals surface area contributed by atoms with Gasteiger partial charge in [-0.1, -0.05) is 12.2 Å². The molecule has 0 aromatic carbocycles. The Balaban J connectivity index is 2.64. The number of carbonyl (C=O) groups is 1. The van der Waals surface area contributed by atoms with Gasteiger partial charge in [-0.2, -0.15) is 5.06 Å². The molecule has 1 aliphatic heterocycles. The molecule has 0 aromatic heterocycles. The molecule has 0 radical (unpaired) electrons. The molecule has 0 unspecified atom stereocenters. The Morgan fingerprint density at radius 1 is 1.33 bits per heavy atom. The number of hydrogen-bond acceptors (Lipinski definition) is 3. The van der Waals surface area contributed by atoms with Crippen LogP contribution >= 0.6 is 0 Å². The molecule has 0 bridgehead atoms. The Hall–Kier alpha value is -1.03. The van der Waals surface area contributed by atoms with Gasteiger partial charge in [-0.05, 0) is 34.6 Å². The van der Waals surface area contributed by atoms with Crippen LogP contribution in [0.15, 0.2) is 12.2 Å². The van der Waals surface area contributed by atoms with Crippen molar-refractivity contribution in [3.05, 3.63) is 12.2 Å². The quantitative estimate of drug-likeness (QED) is 0.580. The van der Waals surface area contributed by atoms with Crippen LogP contribution in [0.5, 0.6) is 0 Å². The monoisotopic (exact) mass is 213 g/mol. The van der Waals surface area contributed by atoms with Gasteiger partial charge in [-0.25, -0.2) is 4.79 Å². The summed E-state index contributed by atoms with van der Waals surface area (Å²) in [7, 11) is 0. The summed E-state index contributed by atoms with van der Waals surface area (Å²) < 4.78 is 5.22. The lowest BCUT2D eigenvalue weighted by molar-refractivity contribution is -0.182. The van der Waals surface area contributed by atoms with Crippen molar-refractivity contribution in [1.29, 1.82) is 0 Å². The fourth-order valence-corrected chi connectivity index (χ4v) is 1.22. The lowest BCUT2D eigenvalue weighted by Crippen LogP contribution is -2.44. The molecule has 1 aliphatic rings. The molecule has 1 heterocycles. The molecule has 0 aromatic rings. The maximum Gasteiger partial charge on any atom is 0.435 e. The summed E-state index contributed by atoms with van der Waals surface area (Å²) >= 11 is 0. The van der Waals surface area contributed by atoms with Crippen LogP contribution in [0.25, 0.3) is 0 Å². The van der Waals surface area contributed by atoms with Crippen LogP contribution in [0.3, 0.4) is 0 Å². The third-order valence-electron chi connectivity index (χ3n) is 1.88. The van der Waals surface area contributed by atoms with E-state index in [2.05, 4.69) is 0 Å². The first-order valence-electron chi connectivity index (χ1n) is 5.17. The second-order valence-corrected chi connectivity index (χ2v) is 4.74. The van der Waals surface area contributed by atoms with Gasteiger partial charge in [-0.3, -0.25) is 4.84 Å². The van der Waals surface area contributed by atoms with Crippen molar-refractivity contribution in [2.24, 2.45) is 0 Å². The van der Waals surface area contributed by atoms with E-state index in [1.54, 1.807) is 0 Å². The lowest BCUT2D eigenvalue weighted by atomic mass is 10.2. The van der Waals surface area contributed by atoms with E-state index in [0.29, 0.717) is 0 Å². The SMILES string of the molecule is C[C@@H]1C=C[C@H](C)ON1C(=O)OC(C)(C)C. The number of ether oxygens (including phenoxy) is 1. The van der Waals surface area contributed by atoms with Gasteiger partial charge in [0.15, 0.2) is 0 Å². The van der Waals surface area contributed by atoms with E-state index >= 15 is 0 Å². The first-order valence-corrected chi connectivity index (χ1v) is 5.17. The van der Waals surface area contributed by atoms with Crippen LogP contribution in [-0.4, -0.2) is 28.9 Å². The highest BCUT2D eigenvalue weighted by Gasteiger charge is 2.29. The predicted octanol–water partition coefficient (Wildman–Crippen LogP) is 2.50. The second-order valence-electron chi connectivity index (χ2n) is 4.74. The Kier molecular flexibility index (Phi) is 3.39. The summed E-state index contributed by atoms with van der Waals surface area (Å²) in [6.45, 7) is 9.25. The van der Waals surface area contributed by atoms with E-state index in [4.69, 9.17) is 9.57 Å². The first-order chi connectivity index (χ1) is 6.79. The molecule has 0 spiro atoms. The van der Waals surface area contributed by atoms with E-state index in [-0.39, 0.29) is 12.1 Å². The molecule has 4 nitrogen and oxygen atoms in total. The van der Waals surface area contributed by atoms with Gasteiger partial charge < -0.3 is 4.74 Å². The number of amides is 1. The molecule has 0 saturated carbocycles. The van der Waals surface area contributed by atoms with Gasteiger partial charge in [0.05, 0.1) is 6.04 Å². The maximum atomic E-state index is 11.7. The number of hydrogen-bond donors (Lipinski definition) is 0. The van der Waals surface area contributed by atoms with Gasteiger partial charge in [0.1, 0.15) is 11.7 Å². The fraction of sp³-hybridized carbons (Fsp3) is 0.727. The summed E-state index contributed by atoms with van der Waals surface area (Å²) in [5, 5.41) is 1.27. The first kappa shape index (κ1) is 12.0. The van der Waals surface area contributed by atoms with Crippen molar-refractivity contribution < 1.29 is 14.4 Å². The minimum Gasteiger partial charge on any atom is -0.442 e. The molecule has 2 atom stereocenters. The van der Waals surface area contributed by atoms with E-state index in [0.717, 1.165) is 0 Å². The van der Waals surface area contributed by atoms with Crippen LogP contribution in [0.4, 0.5) is 4.79 Å². The molecule has 15 heavy (non-hydrogen) atoms. The van der Waals surface area contributed by atoms with Gasteiger partial charge in [0.25, 0.3) is 0 Å². The molecule has 0 N–H and O–H groups in total. The van der Waals surface area contributed by atoms with Crippen LogP contribution in [0, 0.1) is 0 Å². The minimum atomic E-state index is -0.495. The highest BCUT2D eigenvalue weighted by atomic mass is 16.7. The van der Waals surface area contributed by atoms with Crippen LogP contribution in [0.2, 0.25) is 0 Å². The van der Waals surface area contributed by atoms with Crippen molar-refractivity contribution in [3.63, 3.8) is 0 Å². The maximum absolute atomic E-state index is 11.7. The summed E-state index contributed by atoms with van der Waals surface area (Å²) in [6, 6.07) is -0.0870. The van der Waals surface area contributed by atoms with Gasteiger partial charge in [0.2, 0.25) is 0 Å². The normalized spacial score (nSPS) is 26.6. The number of hydroxylamine groups is 2. The molecule has 1 rings (SSSR count). The summed E-state index contributed by atoms with van der Waals surface area (Å²) in [6.07, 6.45) is 3.32. The van der Waals surface area contributed by atoms with Crippen molar-refractivity contribution in [3.8, 4) is 0 Å². The second kappa shape index (κ2) is 4.23. The molecular formula is C11H19NO3. The van der Waals surface area contributed by atoms with Gasteiger partial charge in [-0.15, -0.1) is 0 Å². The molecule has 4 heteroatoms. The third-order valence-corrected chi connectivity index (χ3v) is 1.88. The Morgan fingerprint density at radius 3 is 2.47 bits per heavy atom. The lowest BCUT2D eigenvalue weighted by Gasteiger charge is -2.33. The largest absolute Gasteiger partial charge is 0.442 e. The minimum absolute atomic E-state index is 0.0870. The third kappa shape index (κ3) is 3.55. The van der Waals surface area contributed by atoms with E-state index in [1.165, 1.54) is 5.06 Å². The predicted molar refractivity (Wildman–Crippen MR) is 57.2 cm³/mol. The number of rotatable bonds is 0. The summed E-state index contributed by atoms with van der Waals surface area (Å²) in [5.41, 5.74) is -0.495. The molecule has 1 amide bonds. The van der Waals surface area contributed by atoms with E-state index in [1.807, 2.05) is 46.8 Å². The Labute approximate surface area is 90.8 Å². The summed E-state index contributed by atoms with van der Waals surface area (Å²) in [4.78, 5) is 17.1. The number of carbonyl (C=O) groups excluding carboxylic acids is 1. The highest BCUT2D eigenvalue weighted by molar-refractivity contribution is 5.67. The number of nitrogens with zero attached hydrogens (tertiary/aromatic N) is 1. The molecular weight excluding hydrogens is 194 g/mol. The smallest absolute Gasteiger partial charge is 0.435 e. The van der Waals surface area contributed by atoms with Crippen molar-refractivity contribution in [2.75, 3.05) is 0 Å². The molecule has 0 saturated heterocycles.